The molecule has 80 valence electrons. The molecule has 15 heavy (non-hydrogen) atoms. The summed E-state index contributed by atoms with van der Waals surface area (Å²) < 4.78 is 0. The highest BCUT2D eigenvalue weighted by Gasteiger charge is 2.04. The molecule has 1 atom stereocenters. The lowest BCUT2D eigenvalue weighted by Gasteiger charge is -2.16. The Morgan fingerprint density at radius 1 is 1.60 bits per heavy atom. The molecule has 0 spiro atoms. The second kappa shape index (κ2) is 5.32. The van der Waals surface area contributed by atoms with Crippen molar-refractivity contribution >= 4 is 5.82 Å². The lowest BCUT2D eigenvalue weighted by atomic mass is 10.2. The van der Waals surface area contributed by atoms with Crippen molar-refractivity contribution in [2.24, 2.45) is 0 Å². The molecule has 0 aromatic carbocycles. The van der Waals surface area contributed by atoms with Crippen LogP contribution in [0.4, 0.5) is 5.82 Å². The first-order valence-corrected chi connectivity index (χ1v) is 4.87. The lowest BCUT2D eigenvalue weighted by Crippen LogP contribution is -2.19. The Morgan fingerprint density at radius 3 is 2.80 bits per heavy atom. The number of nitrogens with zero attached hydrogens (tertiary/aromatic N) is 3. The summed E-state index contributed by atoms with van der Waals surface area (Å²) in [6.07, 6.45) is 1.65. The van der Waals surface area contributed by atoms with Crippen molar-refractivity contribution < 1.29 is 5.11 Å². The minimum Gasteiger partial charge on any atom is -0.389 e. The number of aliphatic hydroxyl groups excluding tert-OH is 1. The summed E-state index contributed by atoms with van der Waals surface area (Å²) in [7, 11) is 1.89. The average molecular weight is 205 g/mol. The zero-order valence-corrected chi connectivity index (χ0v) is 9.01. The van der Waals surface area contributed by atoms with Crippen molar-refractivity contribution in [1.82, 2.24) is 4.98 Å². The van der Waals surface area contributed by atoms with Crippen molar-refractivity contribution in [2.45, 2.75) is 19.4 Å². The molecule has 0 aliphatic carbocycles. The highest BCUT2D eigenvalue weighted by atomic mass is 16.3. The van der Waals surface area contributed by atoms with Crippen molar-refractivity contribution in [3.05, 3.63) is 23.9 Å². The van der Waals surface area contributed by atoms with Gasteiger partial charge in [0.1, 0.15) is 5.82 Å². The third kappa shape index (κ3) is 3.22. The van der Waals surface area contributed by atoms with Crippen molar-refractivity contribution in [1.29, 1.82) is 5.26 Å². The zero-order chi connectivity index (χ0) is 11.3. The highest BCUT2D eigenvalue weighted by Crippen LogP contribution is 2.14. The number of nitriles is 1. The number of aliphatic hydroxyl groups is 1. The summed E-state index contributed by atoms with van der Waals surface area (Å²) in [5.74, 6) is 0.814. The standard InChI is InChI=1S/C11H15N3O/c1-9(15)10-4-5-11(13-8-10)14(2)7-3-6-12/h4-5,8-9,15H,3,7H2,1-2H3/t9-/m0/s1. The largest absolute Gasteiger partial charge is 0.389 e. The molecule has 1 heterocycles. The van der Waals surface area contributed by atoms with Crippen molar-refractivity contribution in [3.63, 3.8) is 0 Å². The first-order valence-electron chi connectivity index (χ1n) is 4.87. The molecule has 1 aromatic heterocycles. The van der Waals surface area contributed by atoms with E-state index in [0.29, 0.717) is 13.0 Å². The van der Waals surface area contributed by atoms with E-state index in [1.54, 1.807) is 13.1 Å². The van der Waals surface area contributed by atoms with Crippen LogP contribution in [0.3, 0.4) is 0 Å². The van der Waals surface area contributed by atoms with Crippen molar-refractivity contribution in [3.8, 4) is 6.07 Å². The molecule has 4 nitrogen and oxygen atoms in total. The Hall–Kier alpha value is -1.60. The second-order valence-corrected chi connectivity index (χ2v) is 3.46. The fourth-order valence-electron chi connectivity index (χ4n) is 1.20. The van der Waals surface area contributed by atoms with E-state index in [1.807, 2.05) is 24.1 Å². The maximum Gasteiger partial charge on any atom is 0.128 e. The molecule has 0 aliphatic rings. The number of anilines is 1. The van der Waals surface area contributed by atoms with Gasteiger partial charge in [0.25, 0.3) is 0 Å². The number of pyridine rings is 1. The van der Waals surface area contributed by atoms with Gasteiger partial charge in [0.15, 0.2) is 0 Å². The van der Waals surface area contributed by atoms with Crippen LogP contribution in [0.15, 0.2) is 18.3 Å². The normalized spacial score (nSPS) is 11.9. The predicted molar refractivity (Wildman–Crippen MR) is 58.4 cm³/mol. The van der Waals surface area contributed by atoms with E-state index in [0.717, 1.165) is 11.4 Å². The molecule has 4 heteroatoms. The van der Waals surface area contributed by atoms with Gasteiger partial charge in [-0.2, -0.15) is 5.26 Å². The third-order valence-corrected chi connectivity index (χ3v) is 2.20. The van der Waals surface area contributed by atoms with E-state index in [4.69, 9.17) is 5.26 Å². The first kappa shape index (κ1) is 11.5. The SMILES string of the molecule is C[C@H](O)c1ccc(N(C)CCC#N)nc1. The number of aromatic nitrogens is 1. The monoisotopic (exact) mass is 205 g/mol. The molecule has 0 radical (unpaired) electrons. The van der Waals surface area contributed by atoms with E-state index in [2.05, 4.69) is 11.1 Å². The van der Waals surface area contributed by atoms with Gasteiger partial charge < -0.3 is 10.0 Å². The minimum absolute atomic E-state index is 0.482. The molecule has 0 saturated carbocycles. The molecule has 1 rings (SSSR count). The van der Waals surface area contributed by atoms with Crippen LogP contribution in [0.1, 0.15) is 25.0 Å². The van der Waals surface area contributed by atoms with E-state index in [1.165, 1.54) is 0 Å². The number of rotatable bonds is 4. The molecule has 0 amide bonds. The highest BCUT2D eigenvalue weighted by molar-refractivity contribution is 5.38. The number of hydrogen-bond donors (Lipinski definition) is 1. The van der Waals surface area contributed by atoms with Gasteiger partial charge in [0, 0.05) is 19.8 Å². The molecule has 1 aromatic rings. The molecule has 1 N–H and O–H groups in total. The van der Waals surface area contributed by atoms with Crippen LogP contribution in [0, 0.1) is 11.3 Å². The lowest BCUT2D eigenvalue weighted by molar-refractivity contribution is 0.199. The molecule has 0 saturated heterocycles. The van der Waals surface area contributed by atoms with E-state index in [-0.39, 0.29) is 0 Å². The topological polar surface area (TPSA) is 60.1 Å². The first-order chi connectivity index (χ1) is 7.15. The molecular formula is C11H15N3O. The summed E-state index contributed by atoms with van der Waals surface area (Å²) in [6.45, 7) is 2.37. The number of hydrogen-bond acceptors (Lipinski definition) is 4. The van der Waals surface area contributed by atoms with Crippen LogP contribution >= 0.6 is 0 Å². The molecule has 0 unspecified atom stereocenters. The maximum atomic E-state index is 9.30. The van der Waals surface area contributed by atoms with E-state index in [9.17, 15) is 5.11 Å². The molecule has 0 aliphatic heterocycles. The second-order valence-electron chi connectivity index (χ2n) is 3.46. The van der Waals surface area contributed by atoms with Gasteiger partial charge in [0.2, 0.25) is 0 Å². The third-order valence-electron chi connectivity index (χ3n) is 2.20. The van der Waals surface area contributed by atoms with Crippen LogP contribution in [0.2, 0.25) is 0 Å². The van der Waals surface area contributed by atoms with Gasteiger partial charge in [-0.3, -0.25) is 0 Å². The predicted octanol–water partition coefficient (Wildman–Crippen LogP) is 1.48. The maximum absolute atomic E-state index is 9.30. The Bertz CT molecular complexity index is 340. The Kier molecular flexibility index (Phi) is 4.07. The zero-order valence-electron chi connectivity index (χ0n) is 9.01. The van der Waals surface area contributed by atoms with Gasteiger partial charge in [-0.05, 0) is 18.6 Å². The van der Waals surface area contributed by atoms with Gasteiger partial charge in [-0.25, -0.2) is 4.98 Å². The van der Waals surface area contributed by atoms with E-state index < -0.39 is 6.10 Å². The van der Waals surface area contributed by atoms with Gasteiger partial charge in [-0.1, -0.05) is 6.07 Å². The molecule has 0 bridgehead atoms. The Balaban J connectivity index is 2.67. The fraction of sp³-hybridized carbons (Fsp3) is 0.455. The van der Waals surface area contributed by atoms with Crippen LogP contribution < -0.4 is 4.90 Å². The smallest absolute Gasteiger partial charge is 0.128 e. The van der Waals surface area contributed by atoms with Crippen LogP contribution in [0.5, 0.6) is 0 Å². The Morgan fingerprint density at radius 2 is 2.33 bits per heavy atom. The Labute approximate surface area is 89.8 Å². The summed E-state index contributed by atoms with van der Waals surface area (Å²) >= 11 is 0. The quantitative estimate of drug-likeness (QED) is 0.808. The summed E-state index contributed by atoms with van der Waals surface area (Å²) in [5, 5.41) is 17.7. The van der Waals surface area contributed by atoms with Crippen LogP contribution in [0.25, 0.3) is 0 Å². The van der Waals surface area contributed by atoms with Gasteiger partial charge in [0.05, 0.1) is 18.6 Å². The average Bonchev–Trinajstić information content (AvgIpc) is 2.26. The van der Waals surface area contributed by atoms with Crippen LogP contribution in [-0.4, -0.2) is 23.7 Å². The summed E-state index contributed by atoms with van der Waals surface area (Å²) in [5.41, 5.74) is 0.799. The van der Waals surface area contributed by atoms with Crippen LogP contribution in [-0.2, 0) is 0 Å². The van der Waals surface area contributed by atoms with Gasteiger partial charge in [-0.15, -0.1) is 0 Å². The van der Waals surface area contributed by atoms with E-state index >= 15 is 0 Å². The summed E-state index contributed by atoms with van der Waals surface area (Å²) in [4.78, 5) is 6.12. The summed E-state index contributed by atoms with van der Waals surface area (Å²) in [6, 6.07) is 5.78. The molecule has 0 fully saturated rings. The fourth-order valence-corrected chi connectivity index (χ4v) is 1.20. The van der Waals surface area contributed by atoms with Gasteiger partial charge >= 0.3 is 0 Å². The minimum atomic E-state index is -0.490. The van der Waals surface area contributed by atoms with Crippen molar-refractivity contribution in [2.75, 3.05) is 18.5 Å². The molecular weight excluding hydrogens is 190 g/mol.